The zero-order valence-corrected chi connectivity index (χ0v) is 25.3. The van der Waals surface area contributed by atoms with Crippen LogP contribution in [0.4, 0.5) is 0 Å². The van der Waals surface area contributed by atoms with Crippen LogP contribution in [0, 0.1) is 0 Å². The Bertz CT molecular complexity index is 763. The second kappa shape index (κ2) is 11.3. The van der Waals surface area contributed by atoms with Crippen LogP contribution in [-0.4, -0.2) is 22.9 Å². The van der Waals surface area contributed by atoms with Crippen molar-refractivity contribution in [1.82, 2.24) is 0 Å². The van der Waals surface area contributed by atoms with Crippen LogP contribution >= 0.6 is 162 Å². The normalized spacial score (nSPS) is 14.8. The minimum atomic E-state index is -2.37. The van der Waals surface area contributed by atoms with Gasteiger partial charge in [0.2, 0.25) is 16.3 Å². The van der Waals surface area contributed by atoms with E-state index < -0.39 is 24.9 Å². The van der Waals surface area contributed by atoms with E-state index in [2.05, 4.69) is 0 Å². The van der Waals surface area contributed by atoms with Crippen molar-refractivity contribution in [3.05, 3.63) is 34.9 Å². The van der Waals surface area contributed by atoms with Gasteiger partial charge in [-0.25, -0.2) is 5.11 Å². The highest BCUT2D eigenvalue weighted by molar-refractivity contribution is 6.79. The molecular weight excluding hydrogens is 705 g/mol. The van der Waals surface area contributed by atoms with E-state index in [1.165, 1.54) is 12.1 Å². The second-order valence-electron chi connectivity index (χ2n) is 6.33. The lowest BCUT2D eigenvalue weighted by molar-refractivity contribution is 0.187. The molecular formula is C16H11Cl14O. The molecule has 15 heteroatoms. The van der Waals surface area contributed by atoms with Crippen LogP contribution in [0.3, 0.4) is 0 Å². The molecule has 1 radical (unpaired) electrons. The first kappa shape index (κ1) is 32.3. The van der Waals surface area contributed by atoms with Crippen LogP contribution in [0.5, 0.6) is 0 Å². The summed E-state index contributed by atoms with van der Waals surface area (Å²) in [5.74, 6) is 0. The summed E-state index contributed by atoms with van der Waals surface area (Å²) in [6.45, 7) is -0.278. The number of rotatable bonds is 8. The van der Waals surface area contributed by atoms with Gasteiger partial charge in [0.1, 0.15) is 0 Å². The smallest absolute Gasteiger partial charge is 0.226 e. The molecule has 0 amide bonds. The summed E-state index contributed by atoms with van der Waals surface area (Å²) in [7, 11) is 0. The van der Waals surface area contributed by atoms with Gasteiger partial charge in [-0.2, -0.15) is 0 Å². The molecule has 31 heavy (non-hydrogen) atoms. The van der Waals surface area contributed by atoms with Crippen molar-refractivity contribution in [1.29, 1.82) is 0 Å². The average Bonchev–Trinajstić information content (AvgIpc) is 2.59. The summed E-state index contributed by atoms with van der Waals surface area (Å²) >= 11 is 86.2. The van der Waals surface area contributed by atoms with Gasteiger partial charge in [0.25, 0.3) is 0 Å². The third kappa shape index (κ3) is 6.77. The predicted molar refractivity (Wildman–Crippen MR) is 141 cm³/mol. The molecule has 1 aromatic carbocycles. The van der Waals surface area contributed by atoms with E-state index in [0.29, 0.717) is 24.8 Å². The van der Waals surface area contributed by atoms with Crippen LogP contribution in [0.15, 0.2) is 18.2 Å². The van der Waals surface area contributed by atoms with E-state index >= 15 is 0 Å². The SMILES string of the molecule is [O]CCCCc1ccc(C(Cl)(Cl)C(Cl)(Cl)C(Cl)(Cl)Cl)cc1C(Cl)(Cl)C(Cl)(Cl)C(Cl)(Cl)Cl. The summed E-state index contributed by atoms with van der Waals surface area (Å²) in [4.78, 5) is 0. The second-order valence-corrected chi connectivity index (χ2v) is 16.2. The van der Waals surface area contributed by atoms with Gasteiger partial charge in [0.15, 0.2) is 8.67 Å². The van der Waals surface area contributed by atoms with Crippen molar-refractivity contribution in [2.24, 2.45) is 0 Å². The number of benzene rings is 1. The standard InChI is InChI=1S/C16H11Cl14O/c17-11(18,13(21,22)15(25,26)27)9-5-4-8(3-1-2-6-31)10(7-9)12(19,20)14(23,24)16(28,29)30/h4-5,7H,1-3,6H2. The van der Waals surface area contributed by atoms with Crippen molar-refractivity contribution >= 4 is 162 Å². The van der Waals surface area contributed by atoms with Gasteiger partial charge in [0.05, 0.1) is 6.61 Å². The fourth-order valence-electron chi connectivity index (χ4n) is 2.41. The first-order valence-electron chi connectivity index (χ1n) is 8.03. The molecule has 0 aliphatic carbocycles. The summed E-state index contributed by atoms with van der Waals surface area (Å²) < 4.78 is -13.8. The largest absolute Gasteiger partial charge is 0.237 e. The molecule has 0 unspecified atom stereocenters. The number of hydrogen-bond acceptors (Lipinski definition) is 0. The fraction of sp³-hybridized carbons (Fsp3) is 0.625. The Hall–Kier alpha value is 3.24. The van der Waals surface area contributed by atoms with Gasteiger partial charge < -0.3 is 0 Å². The number of unbranched alkanes of at least 4 members (excludes halogenated alkanes) is 1. The molecule has 1 aromatic rings. The quantitative estimate of drug-likeness (QED) is 0.189. The Kier molecular flexibility index (Phi) is 11.8. The fourth-order valence-corrected chi connectivity index (χ4v) is 5.41. The molecule has 0 atom stereocenters. The lowest BCUT2D eigenvalue weighted by atomic mass is 9.93. The molecule has 0 aliphatic heterocycles. The summed E-state index contributed by atoms with van der Waals surface area (Å²) in [6.07, 6.45) is 1.21. The third-order valence-corrected chi connectivity index (χ3v) is 12.0. The maximum atomic E-state index is 10.8. The van der Waals surface area contributed by atoms with Crippen LogP contribution in [-0.2, 0) is 20.2 Å². The molecule has 0 aliphatic rings. The molecule has 179 valence electrons. The molecule has 1 rings (SSSR count). The Morgan fingerprint density at radius 1 is 0.613 bits per heavy atom. The van der Waals surface area contributed by atoms with E-state index in [0.717, 1.165) is 0 Å². The Balaban J connectivity index is 3.75. The molecule has 0 aromatic heterocycles. The minimum Gasteiger partial charge on any atom is -0.237 e. The highest BCUT2D eigenvalue weighted by Crippen LogP contribution is 2.63. The topological polar surface area (TPSA) is 19.9 Å². The van der Waals surface area contributed by atoms with Crippen molar-refractivity contribution < 1.29 is 5.11 Å². The minimum absolute atomic E-state index is 0.0221. The van der Waals surface area contributed by atoms with E-state index in [-0.39, 0.29) is 17.7 Å². The van der Waals surface area contributed by atoms with Gasteiger partial charge in [-0.3, -0.25) is 0 Å². The number of aryl methyl sites for hydroxylation is 1. The summed E-state index contributed by atoms with van der Waals surface area (Å²) in [5.41, 5.74) is 0.596. The molecule has 0 bridgehead atoms. The van der Waals surface area contributed by atoms with Gasteiger partial charge in [0, 0.05) is 0 Å². The molecule has 1 nitrogen and oxygen atoms in total. The monoisotopic (exact) mass is 709 g/mol. The van der Waals surface area contributed by atoms with Crippen LogP contribution in [0.1, 0.15) is 29.5 Å². The van der Waals surface area contributed by atoms with Crippen LogP contribution < -0.4 is 0 Å². The van der Waals surface area contributed by atoms with E-state index in [4.69, 9.17) is 162 Å². The van der Waals surface area contributed by atoms with E-state index in [1.54, 1.807) is 6.07 Å². The molecule has 0 fully saturated rings. The van der Waals surface area contributed by atoms with Crippen molar-refractivity contribution in [2.75, 3.05) is 6.61 Å². The van der Waals surface area contributed by atoms with E-state index in [9.17, 15) is 5.11 Å². The zero-order chi connectivity index (χ0) is 24.7. The molecule has 0 spiro atoms. The van der Waals surface area contributed by atoms with Crippen LogP contribution in [0.25, 0.3) is 0 Å². The van der Waals surface area contributed by atoms with Gasteiger partial charge in [-0.15, -0.1) is 0 Å². The average molecular weight is 716 g/mol. The zero-order valence-electron chi connectivity index (χ0n) is 14.8. The number of alkyl halides is 14. The Labute approximate surface area is 250 Å². The summed E-state index contributed by atoms with van der Waals surface area (Å²) in [6, 6.07) is 4.30. The van der Waals surface area contributed by atoms with Crippen LogP contribution in [0.2, 0.25) is 0 Å². The maximum Gasteiger partial charge on any atom is 0.226 e. The lowest BCUT2D eigenvalue weighted by Crippen LogP contribution is -2.46. The van der Waals surface area contributed by atoms with Gasteiger partial charge in [-0.1, -0.05) is 175 Å². The van der Waals surface area contributed by atoms with Gasteiger partial charge in [-0.05, 0) is 42.0 Å². The maximum absolute atomic E-state index is 10.8. The van der Waals surface area contributed by atoms with Crippen molar-refractivity contribution in [3.63, 3.8) is 0 Å². The molecule has 0 saturated heterocycles. The molecule has 0 N–H and O–H groups in total. The number of hydrogen-bond donors (Lipinski definition) is 0. The third-order valence-electron chi connectivity index (χ3n) is 4.15. The first-order chi connectivity index (χ1) is 13.7. The Morgan fingerprint density at radius 3 is 1.48 bits per heavy atom. The highest BCUT2D eigenvalue weighted by atomic mass is 35.6. The van der Waals surface area contributed by atoms with Crippen molar-refractivity contribution in [3.8, 4) is 0 Å². The van der Waals surface area contributed by atoms with Crippen molar-refractivity contribution in [2.45, 2.75) is 44.2 Å². The lowest BCUT2D eigenvalue weighted by Gasteiger charge is -2.41. The predicted octanol–water partition coefficient (Wildman–Crippen LogP) is 10.8. The molecule has 0 heterocycles. The highest BCUT2D eigenvalue weighted by Gasteiger charge is 2.63. The molecule has 0 saturated carbocycles. The van der Waals surface area contributed by atoms with E-state index in [1.807, 2.05) is 0 Å². The number of halogens is 14. The Morgan fingerprint density at radius 2 is 1.06 bits per heavy atom. The first-order valence-corrected chi connectivity index (χ1v) is 13.3. The summed E-state index contributed by atoms with van der Waals surface area (Å²) in [5, 5.41) is 10.8. The van der Waals surface area contributed by atoms with Gasteiger partial charge >= 0.3 is 0 Å².